The van der Waals surface area contributed by atoms with E-state index in [4.69, 9.17) is 0 Å². The number of hydrogen-bond donors (Lipinski definition) is 1. The lowest BCUT2D eigenvalue weighted by molar-refractivity contribution is 0.0927. The highest BCUT2D eigenvalue weighted by atomic mass is 79.9. The number of rotatable bonds is 2. The summed E-state index contributed by atoms with van der Waals surface area (Å²) in [4.78, 5) is 11.9. The van der Waals surface area contributed by atoms with Crippen molar-refractivity contribution in [3.05, 3.63) is 34.3 Å². The first-order valence-corrected chi connectivity index (χ1v) is 6.61. The third kappa shape index (κ3) is 4.15. The molecule has 1 aromatic carbocycles. The first kappa shape index (κ1) is 14.2. The van der Waals surface area contributed by atoms with Crippen LogP contribution in [0.3, 0.4) is 0 Å². The van der Waals surface area contributed by atoms with Crippen molar-refractivity contribution >= 4 is 21.8 Å². The summed E-state index contributed by atoms with van der Waals surface area (Å²) in [5.41, 5.74) is 0.744. The van der Waals surface area contributed by atoms with Gasteiger partial charge in [-0.1, -0.05) is 42.6 Å². The minimum absolute atomic E-state index is 0. The number of nitrogens with one attached hydrogen (secondary N) is 1. The number of hydrogen-bond acceptors (Lipinski definition) is 1. The maximum Gasteiger partial charge on any atom is 0.251 e. The normalized spacial score (nSPS) is 16.1. The van der Waals surface area contributed by atoms with Gasteiger partial charge < -0.3 is 5.32 Å². The van der Waals surface area contributed by atoms with E-state index in [-0.39, 0.29) is 13.3 Å². The van der Waals surface area contributed by atoms with Crippen LogP contribution in [0.25, 0.3) is 0 Å². The second kappa shape index (κ2) is 6.80. The molecule has 0 saturated heterocycles. The minimum atomic E-state index is 0. The quantitative estimate of drug-likeness (QED) is 0.873. The molecule has 1 amide bonds. The molecule has 0 spiro atoms. The summed E-state index contributed by atoms with van der Waals surface area (Å²) >= 11 is 3.36. The fourth-order valence-corrected chi connectivity index (χ4v) is 2.38. The third-order valence-corrected chi connectivity index (χ3v) is 3.58. The zero-order valence-electron chi connectivity index (χ0n) is 9.21. The van der Waals surface area contributed by atoms with Gasteiger partial charge in [0.15, 0.2) is 0 Å². The van der Waals surface area contributed by atoms with E-state index in [1.54, 1.807) is 0 Å². The van der Waals surface area contributed by atoms with E-state index in [1.165, 1.54) is 19.3 Å². The van der Waals surface area contributed by atoms with Crippen LogP contribution >= 0.6 is 15.9 Å². The Bertz CT molecular complexity index is 355. The second-order valence-electron chi connectivity index (χ2n) is 4.32. The van der Waals surface area contributed by atoms with Crippen molar-refractivity contribution < 1.29 is 4.79 Å². The predicted octanol–water partition coefficient (Wildman–Crippen LogP) is 4.15. The lowest BCUT2D eigenvalue weighted by Gasteiger charge is -2.22. The summed E-state index contributed by atoms with van der Waals surface area (Å²) in [6, 6.07) is 7.88. The van der Waals surface area contributed by atoms with Gasteiger partial charge >= 0.3 is 0 Å². The maximum atomic E-state index is 11.9. The summed E-state index contributed by atoms with van der Waals surface area (Å²) in [6.45, 7) is 0. The third-order valence-electron chi connectivity index (χ3n) is 3.05. The van der Waals surface area contributed by atoms with Gasteiger partial charge in [0.1, 0.15) is 0 Å². The minimum Gasteiger partial charge on any atom is -0.349 e. The molecule has 0 radical (unpaired) electrons. The number of benzene rings is 1. The van der Waals surface area contributed by atoms with Gasteiger partial charge in [-0.2, -0.15) is 0 Å². The molecule has 94 valence electrons. The standard InChI is InChI=1S/C13H16BrNO.CH4/c14-11-8-6-10(7-9-11)13(16)15-12-4-2-1-3-5-12;/h6-9,12H,1-5H2,(H,15,16);1H4. The van der Waals surface area contributed by atoms with Crippen molar-refractivity contribution in [1.82, 2.24) is 5.32 Å². The molecule has 0 atom stereocenters. The molecule has 2 nitrogen and oxygen atoms in total. The summed E-state index contributed by atoms with van der Waals surface area (Å²) in [5, 5.41) is 3.10. The molecule has 0 aromatic heterocycles. The highest BCUT2D eigenvalue weighted by Gasteiger charge is 2.16. The van der Waals surface area contributed by atoms with Crippen molar-refractivity contribution in [2.24, 2.45) is 0 Å². The van der Waals surface area contributed by atoms with E-state index in [9.17, 15) is 4.79 Å². The Labute approximate surface area is 112 Å². The topological polar surface area (TPSA) is 29.1 Å². The van der Waals surface area contributed by atoms with Crippen molar-refractivity contribution in [1.29, 1.82) is 0 Å². The molecular weight excluding hydrogens is 278 g/mol. The number of amides is 1. The Morgan fingerprint density at radius 1 is 1.12 bits per heavy atom. The molecule has 1 aliphatic carbocycles. The van der Waals surface area contributed by atoms with Crippen LogP contribution in [-0.4, -0.2) is 11.9 Å². The molecule has 1 aromatic rings. The lowest BCUT2D eigenvalue weighted by atomic mass is 9.95. The van der Waals surface area contributed by atoms with Gasteiger partial charge in [0.2, 0.25) is 0 Å². The number of carbonyl (C=O) groups is 1. The van der Waals surface area contributed by atoms with E-state index < -0.39 is 0 Å². The van der Waals surface area contributed by atoms with Crippen molar-refractivity contribution in [2.75, 3.05) is 0 Å². The van der Waals surface area contributed by atoms with Gasteiger partial charge in [-0.25, -0.2) is 0 Å². The van der Waals surface area contributed by atoms with Crippen LogP contribution in [0.4, 0.5) is 0 Å². The first-order valence-electron chi connectivity index (χ1n) is 5.82. The van der Waals surface area contributed by atoms with Gasteiger partial charge in [0, 0.05) is 16.1 Å². The van der Waals surface area contributed by atoms with Gasteiger partial charge in [0.05, 0.1) is 0 Å². The van der Waals surface area contributed by atoms with Crippen LogP contribution in [-0.2, 0) is 0 Å². The largest absolute Gasteiger partial charge is 0.349 e. The van der Waals surface area contributed by atoms with E-state index in [0.29, 0.717) is 6.04 Å². The molecule has 1 fully saturated rings. The van der Waals surface area contributed by atoms with Crippen LogP contribution in [0.5, 0.6) is 0 Å². The summed E-state index contributed by atoms with van der Waals surface area (Å²) in [5.74, 6) is 0.0550. The van der Waals surface area contributed by atoms with E-state index in [2.05, 4.69) is 21.2 Å². The van der Waals surface area contributed by atoms with Gasteiger partial charge in [-0.15, -0.1) is 0 Å². The van der Waals surface area contributed by atoms with Crippen LogP contribution in [0, 0.1) is 0 Å². The SMILES string of the molecule is C.O=C(NC1CCCCC1)c1ccc(Br)cc1. The molecule has 1 aliphatic rings. The Hall–Kier alpha value is -0.830. The molecular formula is C14H20BrNO. The van der Waals surface area contributed by atoms with E-state index in [0.717, 1.165) is 22.9 Å². The molecule has 0 unspecified atom stereocenters. The van der Waals surface area contributed by atoms with Gasteiger partial charge in [-0.3, -0.25) is 4.79 Å². The fourth-order valence-electron chi connectivity index (χ4n) is 2.12. The predicted molar refractivity (Wildman–Crippen MR) is 75.2 cm³/mol. The summed E-state index contributed by atoms with van der Waals surface area (Å²) in [6.07, 6.45) is 6.05. The second-order valence-corrected chi connectivity index (χ2v) is 5.23. The maximum absolute atomic E-state index is 11.9. The average Bonchev–Trinajstić information content (AvgIpc) is 2.31. The van der Waals surface area contributed by atoms with Crippen LogP contribution < -0.4 is 5.32 Å². The molecule has 0 heterocycles. The summed E-state index contributed by atoms with van der Waals surface area (Å²) < 4.78 is 1.00. The van der Waals surface area contributed by atoms with Crippen molar-refractivity contribution in [2.45, 2.75) is 45.6 Å². The van der Waals surface area contributed by atoms with Crippen molar-refractivity contribution in [3.8, 4) is 0 Å². The van der Waals surface area contributed by atoms with Gasteiger partial charge in [0.25, 0.3) is 5.91 Å². The Balaban J connectivity index is 0.00000144. The highest BCUT2D eigenvalue weighted by Crippen LogP contribution is 2.18. The zero-order valence-corrected chi connectivity index (χ0v) is 10.8. The Kier molecular flexibility index (Phi) is 5.69. The monoisotopic (exact) mass is 297 g/mol. The Morgan fingerprint density at radius 2 is 1.71 bits per heavy atom. The first-order chi connectivity index (χ1) is 7.75. The lowest BCUT2D eigenvalue weighted by Crippen LogP contribution is -2.36. The molecule has 0 bridgehead atoms. The molecule has 17 heavy (non-hydrogen) atoms. The van der Waals surface area contributed by atoms with Crippen molar-refractivity contribution in [3.63, 3.8) is 0 Å². The molecule has 2 rings (SSSR count). The smallest absolute Gasteiger partial charge is 0.251 e. The van der Waals surface area contributed by atoms with Gasteiger partial charge in [-0.05, 0) is 37.1 Å². The van der Waals surface area contributed by atoms with Crippen LogP contribution in [0.2, 0.25) is 0 Å². The van der Waals surface area contributed by atoms with E-state index in [1.807, 2.05) is 24.3 Å². The molecule has 1 N–H and O–H groups in total. The molecule has 1 saturated carbocycles. The zero-order chi connectivity index (χ0) is 11.4. The fraction of sp³-hybridized carbons (Fsp3) is 0.500. The molecule has 0 aliphatic heterocycles. The Morgan fingerprint density at radius 3 is 2.29 bits per heavy atom. The highest BCUT2D eigenvalue weighted by molar-refractivity contribution is 9.10. The number of carbonyl (C=O) groups excluding carboxylic acids is 1. The molecule has 3 heteroatoms. The summed E-state index contributed by atoms with van der Waals surface area (Å²) in [7, 11) is 0. The van der Waals surface area contributed by atoms with Crippen LogP contribution in [0.15, 0.2) is 28.7 Å². The number of halogens is 1. The van der Waals surface area contributed by atoms with E-state index >= 15 is 0 Å². The average molecular weight is 298 g/mol. The van der Waals surface area contributed by atoms with Crippen LogP contribution in [0.1, 0.15) is 49.9 Å².